The zero-order chi connectivity index (χ0) is 26.3. The molecule has 2 aliphatic rings. The van der Waals surface area contributed by atoms with Crippen LogP contribution in [0.3, 0.4) is 0 Å². The summed E-state index contributed by atoms with van der Waals surface area (Å²) in [6, 6.07) is 11.8. The first-order valence-electron chi connectivity index (χ1n) is 12.8. The highest BCUT2D eigenvalue weighted by Gasteiger charge is 2.50. The average Bonchev–Trinajstić information content (AvgIpc) is 3.47. The Bertz CT molecular complexity index is 1450. The first-order chi connectivity index (χ1) is 18.4. The summed E-state index contributed by atoms with van der Waals surface area (Å²) in [4.78, 5) is 24.4. The van der Waals surface area contributed by atoms with Gasteiger partial charge in [0.25, 0.3) is 5.91 Å². The predicted molar refractivity (Wildman–Crippen MR) is 143 cm³/mol. The number of aromatic nitrogens is 6. The quantitative estimate of drug-likeness (QED) is 0.312. The molecule has 0 spiro atoms. The van der Waals surface area contributed by atoms with Crippen LogP contribution in [0.1, 0.15) is 41.3 Å². The first-order valence-corrected chi connectivity index (χ1v) is 12.8. The van der Waals surface area contributed by atoms with Gasteiger partial charge in [-0.05, 0) is 62.1 Å². The number of ether oxygens (including phenoxy) is 1. The minimum atomic E-state index is -0.931. The van der Waals surface area contributed by atoms with Crippen LogP contribution in [0.15, 0.2) is 48.8 Å². The Kier molecular flexibility index (Phi) is 6.07. The van der Waals surface area contributed by atoms with Gasteiger partial charge in [-0.1, -0.05) is 6.07 Å². The lowest BCUT2D eigenvalue weighted by Crippen LogP contribution is -2.70. The summed E-state index contributed by atoms with van der Waals surface area (Å²) < 4.78 is 7.50. The van der Waals surface area contributed by atoms with E-state index in [9.17, 15) is 4.79 Å². The Morgan fingerprint density at radius 1 is 1.13 bits per heavy atom. The van der Waals surface area contributed by atoms with Crippen molar-refractivity contribution in [1.82, 2.24) is 35.3 Å². The van der Waals surface area contributed by atoms with Gasteiger partial charge in [0.1, 0.15) is 11.6 Å². The highest BCUT2D eigenvalue weighted by molar-refractivity contribution is 5.89. The number of pyridine rings is 2. The van der Waals surface area contributed by atoms with Crippen molar-refractivity contribution in [1.29, 1.82) is 0 Å². The molecule has 1 saturated heterocycles. The minimum absolute atomic E-state index is 0.153. The fraction of sp³-hybridized carbons (Fsp3) is 0.370. The molecule has 4 aromatic heterocycles. The maximum atomic E-state index is 13.1. The molecule has 1 amide bonds. The second kappa shape index (κ2) is 9.56. The molecule has 3 N–H and O–H groups in total. The summed E-state index contributed by atoms with van der Waals surface area (Å²) in [5, 5.41) is 18.0. The van der Waals surface area contributed by atoms with Gasteiger partial charge >= 0.3 is 0 Å². The molecule has 196 valence electrons. The number of hydrogen-bond acceptors (Lipinski definition) is 8. The van der Waals surface area contributed by atoms with Crippen LogP contribution in [-0.2, 0) is 16.1 Å². The van der Waals surface area contributed by atoms with E-state index in [-0.39, 0.29) is 5.91 Å². The van der Waals surface area contributed by atoms with Crippen LogP contribution in [0.25, 0.3) is 5.82 Å². The Morgan fingerprint density at radius 2 is 1.97 bits per heavy atom. The lowest BCUT2D eigenvalue weighted by atomic mass is 9.92. The summed E-state index contributed by atoms with van der Waals surface area (Å²) in [5.41, 5.74) is 3.12. The van der Waals surface area contributed by atoms with Crippen molar-refractivity contribution in [2.75, 3.05) is 30.4 Å². The maximum Gasteiger partial charge on any atom is 0.256 e. The summed E-state index contributed by atoms with van der Waals surface area (Å²) in [6.45, 7) is 5.14. The molecule has 11 heteroatoms. The number of hydrogen-bond donors (Lipinski definition) is 3. The van der Waals surface area contributed by atoms with E-state index in [1.807, 2.05) is 55.3 Å². The number of carbonyl (C=O) groups is 1. The highest BCUT2D eigenvalue weighted by atomic mass is 16.5. The number of nitrogens with one attached hydrogen (secondary N) is 3. The number of H-pyrrole nitrogens is 1. The van der Waals surface area contributed by atoms with Gasteiger partial charge in [0.15, 0.2) is 17.2 Å². The molecule has 0 aromatic carbocycles. The highest BCUT2D eigenvalue weighted by Crippen LogP contribution is 2.39. The van der Waals surface area contributed by atoms with Crippen molar-refractivity contribution >= 4 is 23.4 Å². The van der Waals surface area contributed by atoms with Crippen molar-refractivity contribution in [3.8, 4) is 5.82 Å². The number of amides is 1. The summed E-state index contributed by atoms with van der Waals surface area (Å²) in [5.74, 6) is 3.39. The molecule has 11 nitrogen and oxygen atoms in total. The molecular formula is C27H31N9O2. The molecule has 1 aliphatic carbocycles. The molecule has 1 aliphatic heterocycles. The van der Waals surface area contributed by atoms with Crippen LogP contribution in [0.2, 0.25) is 0 Å². The fourth-order valence-electron chi connectivity index (χ4n) is 4.65. The van der Waals surface area contributed by atoms with E-state index in [1.54, 1.807) is 18.0 Å². The van der Waals surface area contributed by atoms with Gasteiger partial charge in [0.2, 0.25) is 0 Å². The van der Waals surface area contributed by atoms with Crippen LogP contribution in [0.5, 0.6) is 0 Å². The monoisotopic (exact) mass is 513 g/mol. The second-order valence-electron chi connectivity index (χ2n) is 10.2. The van der Waals surface area contributed by atoms with Gasteiger partial charge in [0, 0.05) is 43.7 Å². The standard InChI is InChI=1S/C27H31N9O2/c1-17-10-22(30-23-12-18(2)32-33-23)31-25(11-17)35-15-27(16-35,38-3)26(37)29-14-19-4-7-24(28-13-19)36-9-8-21(34-36)20-5-6-20/h4,7-13,20H,5-6,14-16H2,1-3H3,(H,29,37)(H2,30,31,32,33). The largest absolute Gasteiger partial charge is 0.365 e. The number of aryl methyl sites for hydroxylation is 2. The van der Waals surface area contributed by atoms with Crippen LogP contribution >= 0.6 is 0 Å². The Morgan fingerprint density at radius 3 is 2.66 bits per heavy atom. The van der Waals surface area contributed by atoms with Gasteiger partial charge in [-0.2, -0.15) is 10.2 Å². The van der Waals surface area contributed by atoms with Gasteiger partial charge < -0.3 is 20.3 Å². The van der Waals surface area contributed by atoms with Gasteiger partial charge in [0.05, 0.1) is 18.8 Å². The fourth-order valence-corrected chi connectivity index (χ4v) is 4.65. The maximum absolute atomic E-state index is 13.1. The number of nitrogens with zero attached hydrogens (tertiary/aromatic N) is 6. The second-order valence-corrected chi connectivity index (χ2v) is 10.2. The first kappa shape index (κ1) is 24.1. The van der Waals surface area contributed by atoms with E-state index in [0.717, 1.165) is 34.2 Å². The zero-order valence-electron chi connectivity index (χ0n) is 21.7. The van der Waals surface area contributed by atoms with Crippen LogP contribution < -0.4 is 15.5 Å². The van der Waals surface area contributed by atoms with E-state index in [2.05, 4.69) is 37.0 Å². The molecule has 0 bridgehead atoms. The molecular weight excluding hydrogens is 482 g/mol. The van der Waals surface area contributed by atoms with Crippen molar-refractivity contribution < 1.29 is 9.53 Å². The number of anilines is 3. The Balaban J connectivity index is 1.06. The molecule has 5 heterocycles. The lowest BCUT2D eigenvalue weighted by molar-refractivity contribution is -0.146. The minimum Gasteiger partial charge on any atom is -0.365 e. The average molecular weight is 514 g/mol. The topological polar surface area (TPSA) is 126 Å². The molecule has 6 rings (SSSR count). The Hall–Kier alpha value is -4.25. The zero-order valence-corrected chi connectivity index (χ0v) is 21.7. The van der Waals surface area contributed by atoms with Gasteiger partial charge in [-0.25, -0.2) is 14.6 Å². The number of rotatable bonds is 9. The van der Waals surface area contributed by atoms with E-state index in [1.165, 1.54) is 12.8 Å². The van der Waals surface area contributed by atoms with E-state index >= 15 is 0 Å². The van der Waals surface area contributed by atoms with E-state index in [4.69, 9.17) is 9.72 Å². The number of methoxy groups -OCH3 is 1. The predicted octanol–water partition coefficient (Wildman–Crippen LogP) is 3.14. The smallest absolute Gasteiger partial charge is 0.256 e. The molecule has 1 saturated carbocycles. The molecule has 0 atom stereocenters. The number of aromatic amines is 1. The van der Waals surface area contributed by atoms with Crippen LogP contribution in [-0.4, -0.2) is 61.7 Å². The number of carbonyl (C=O) groups excluding carboxylic acids is 1. The molecule has 0 radical (unpaired) electrons. The van der Waals surface area contributed by atoms with E-state index in [0.29, 0.717) is 37.2 Å². The van der Waals surface area contributed by atoms with Gasteiger partial charge in [-0.3, -0.25) is 9.89 Å². The lowest BCUT2D eigenvalue weighted by Gasteiger charge is -2.48. The van der Waals surface area contributed by atoms with Crippen LogP contribution in [0, 0.1) is 13.8 Å². The van der Waals surface area contributed by atoms with E-state index < -0.39 is 5.60 Å². The summed E-state index contributed by atoms with van der Waals surface area (Å²) in [7, 11) is 1.57. The van der Waals surface area contributed by atoms with Gasteiger partial charge in [-0.15, -0.1) is 0 Å². The summed E-state index contributed by atoms with van der Waals surface area (Å²) >= 11 is 0. The Labute approximate surface area is 220 Å². The molecule has 2 fully saturated rings. The summed E-state index contributed by atoms with van der Waals surface area (Å²) in [6.07, 6.45) is 6.15. The van der Waals surface area contributed by atoms with Crippen molar-refractivity contribution in [3.05, 3.63) is 71.3 Å². The third-order valence-electron chi connectivity index (χ3n) is 7.04. The third-order valence-corrected chi connectivity index (χ3v) is 7.04. The van der Waals surface area contributed by atoms with Crippen molar-refractivity contribution in [3.63, 3.8) is 0 Å². The van der Waals surface area contributed by atoms with Crippen molar-refractivity contribution in [2.24, 2.45) is 0 Å². The normalized spacial score (nSPS) is 16.2. The SMILES string of the molecule is COC1(C(=O)NCc2ccc(-n3ccc(C4CC4)n3)nc2)CN(c2cc(C)cc(Nc3cc(C)[nH]n3)n2)C1. The molecule has 4 aromatic rings. The van der Waals surface area contributed by atoms with Crippen molar-refractivity contribution in [2.45, 2.75) is 44.8 Å². The third kappa shape index (κ3) is 4.84. The van der Waals surface area contributed by atoms with Crippen LogP contribution in [0.4, 0.5) is 17.5 Å². The molecule has 38 heavy (non-hydrogen) atoms. The molecule has 0 unspecified atom stereocenters.